The van der Waals surface area contributed by atoms with E-state index in [-0.39, 0.29) is 6.42 Å². The third kappa shape index (κ3) is 3.53. The Morgan fingerprint density at radius 2 is 2.29 bits per heavy atom. The molecule has 76 valence electrons. The van der Waals surface area contributed by atoms with E-state index in [1.165, 1.54) is 9.13 Å². The Balaban J connectivity index is 2.51. The molecule has 0 spiro atoms. The SMILES string of the molecule is Cc1ccc(NCCC(=O)O)cc1I. The molecule has 1 aromatic carbocycles. The smallest absolute Gasteiger partial charge is 0.305 e. The quantitative estimate of drug-likeness (QED) is 0.840. The summed E-state index contributed by atoms with van der Waals surface area (Å²) in [7, 11) is 0. The normalized spacial score (nSPS) is 9.86. The molecule has 0 aliphatic carbocycles. The van der Waals surface area contributed by atoms with Gasteiger partial charge in [0, 0.05) is 15.8 Å². The van der Waals surface area contributed by atoms with Crippen LogP contribution in [-0.2, 0) is 4.79 Å². The summed E-state index contributed by atoms with van der Waals surface area (Å²) in [6, 6.07) is 5.99. The van der Waals surface area contributed by atoms with Gasteiger partial charge < -0.3 is 10.4 Å². The molecular formula is C10H12INO2. The number of rotatable bonds is 4. The van der Waals surface area contributed by atoms with E-state index in [4.69, 9.17) is 5.11 Å². The highest BCUT2D eigenvalue weighted by atomic mass is 127. The molecule has 0 atom stereocenters. The van der Waals surface area contributed by atoms with Crippen molar-refractivity contribution >= 4 is 34.2 Å². The zero-order valence-corrected chi connectivity index (χ0v) is 10.0. The Bertz CT molecular complexity index is 339. The monoisotopic (exact) mass is 305 g/mol. The highest BCUT2D eigenvalue weighted by Crippen LogP contribution is 2.16. The van der Waals surface area contributed by atoms with Gasteiger partial charge in [0.25, 0.3) is 0 Å². The summed E-state index contributed by atoms with van der Waals surface area (Å²) < 4.78 is 1.18. The van der Waals surface area contributed by atoms with Gasteiger partial charge in [-0.25, -0.2) is 0 Å². The largest absolute Gasteiger partial charge is 0.481 e. The lowest BCUT2D eigenvalue weighted by Gasteiger charge is -2.06. The van der Waals surface area contributed by atoms with Crippen LogP contribution in [0.3, 0.4) is 0 Å². The third-order valence-electron chi connectivity index (χ3n) is 1.84. The highest BCUT2D eigenvalue weighted by molar-refractivity contribution is 14.1. The van der Waals surface area contributed by atoms with Crippen LogP contribution >= 0.6 is 22.6 Å². The van der Waals surface area contributed by atoms with Crippen molar-refractivity contribution in [3.63, 3.8) is 0 Å². The molecule has 0 fully saturated rings. The van der Waals surface area contributed by atoms with Crippen molar-refractivity contribution in [3.8, 4) is 0 Å². The third-order valence-corrected chi connectivity index (χ3v) is 3.00. The van der Waals surface area contributed by atoms with E-state index in [1.807, 2.05) is 25.1 Å². The molecule has 2 N–H and O–H groups in total. The second-order valence-corrected chi connectivity index (χ2v) is 4.20. The fraction of sp³-hybridized carbons (Fsp3) is 0.300. The molecule has 0 aliphatic heterocycles. The van der Waals surface area contributed by atoms with Crippen LogP contribution in [0.25, 0.3) is 0 Å². The van der Waals surface area contributed by atoms with Crippen LogP contribution in [0.4, 0.5) is 5.69 Å². The van der Waals surface area contributed by atoms with Crippen LogP contribution in [-0.4, -0.2) is 17.6 Å². The van der Waals surface area contributed by atoms with E-state index in [1.54, 1.807) is 0 Å². The van der Waals surface area contributed by atoms with Crippen LogP contribution in [0.1, 0.15) is 12.0 Å². The molecule has 0 saturated heterocycles. The fourth-order valence-electron chi connectivity index (χ4n) is 1.02. The van der Waals surface area contributed by atoms with Gasteiger partial charge in [-0.3, -0.25) is 4.79 Å². The molecule has 0 amide bonds. The van der Waals surface area contributed by atoms with E-state index in [2.05, 4.69) is 27.9 Å². The van der Waals surface area contributed by atoms with Crippen molar-refractivity contribution in [1.82, 2.24) is 0 Å². The summed E-state index contributed by atoms with van der Waals surface area (Å²) in [6.07, 6.45) is 0.143. The molecular weight excluding hydrogens is 293 g/mol. The maximum Gasteiger partial charge on any atom is 0.305 e. The van der Waals surface area contributed by atoms with Crippen LogP contribution in [0.5, 0.6) is 0 Å². The van der Waals surface area contributed by atoms with Gasteiger partial charge in [0.1, 0.15) is 0 Å². The van der Waals surface area contributed by atoms with Crippen LogP contribution in [0, 0.1) is 10.5 Å². The Morgan fingerprint density at radius 3 is 2.86 bits per heavy atom. The van der Waals surface area contributed by atoms with Crippen LogP contribution in [0.15, 0.2) is 18.2 Å². The van der Waals surface area contributed by atoms with Crippen molar-refractivity contribution in [1.29, 1.82) is 0 Å². The van der Waals surface area contributed by atoms with Crippen LogP contribution in [0.2, 0.25) is 0 Å². The number of carbonyl (C=O) groups is 1. The van der Waals surface area contributed by atoms with Crippen molar-refractivity contribution in [3.05, 3.63) is 27.3 Å². The molecule has 14 heavy (non-hydrogen) atoms. The van der Waals surface area contributed by atoms with E-state index < -0.39 is 5.97 Å². The fourth-order valence-corrected chi connectivity index (χ4v) is 1.53. The first-order valence-electron chi connectivity index (χ1n) is 4.31. The number of aryl methyl sites for hydroxylation is 1. The van der Waals surface area contributed by atoms with Crippen molar-refractivity contribution < 1.29 is 9.90 Å². The second-order valence-electron chi connectivity index (χ2n) is 3.03. The summed E-state index contributed by atoms with van der Waals surface area (Å²) in [5.74, 6) is -0.778. The van der Waals surface area contributed by atoms with Gasteiger partial charge in [-0.1, -0.05) is 6.07 Å². The minimum Gasteiger partial charge on any atom is -0.481 e. The van der Waals surface area contributed by atoms with Crippen molar-refractivity contribution in [2.24, 2.45) is 0 Å². The lowest BCUT2D eigenvalue weighted by molar-refractivity contribution is -0.136. The summed E-state index contributed by atoms with van der Waals surface area (Å²) >= 11 is 2.26. The molecule has 1 rings (SSSR count). The predicted octanol–water partition coefficient (Wildman–Crippen LogP) is 2.49. The van der Waals surface area contributed by atoms with Gasteiger partial charge in [0.15, 0.2) is 0 Å². The molecule has 0 heterocycles. The topological polar surface area (TPSA) is 49.3 Å². The Hall–Kier alpha value is -0.780. The van der Waals surface area contributed by atoms with E-state index in [0.717, 1.165) is 5.69 Å². The van der Waals surface area contributed by atoms with Crippen LogP contribution < -0.4 is 5.32 Å². The van der Waals surface area contributed by atoms with Gasteiger partial charge in [-0.15, -0.1) is 0 Å². The Morgan fingerprint density at radius 1 is 1.57 bits per heavy atom. The van der Waals surface area contributed by atoms with Gasteiger partial charge in [0.2, 0.25) is 0 Å². The van der Waals surface area contributed by atoms with Gasteiger partial charge >= 0.3 is 5.97 Å². The number of aliphatic carboxylic acids is 1. The average molecular weight is 305 g/mol. The Kier molecular flexibility index (Phi) is 4.19. The number of carboxylic acid groups (broad SMARTS) is 1. The minimum atomic E-state index is -0.778. The van der Waals surface area contributed by atoms with E-state index >= 15 is 0 Å². The lowest BCUT2D eigenvalue weighted by Crippen LogP contribution is -2.07. The number of hydrogen-bond acceptors (Lipinski definition) is 2. The maximum absolute atomic E-state index is 10.3. The summed E-state index contributed by atoms with van der Waals surface area (Å²) in [4.78, 5) is 10.3. The molecule has 4 heteroatoms. The standard InChI is InChI=1S/C10H12INO2/c1-7-2-3-8(6-9(7)11)12-5-4-10(13)14/h2-3,6,12H,4-5H2,1H3,(H,13,14). The number of benzene rings is 1. The summed E-state index contributed by atoms with van der Waals surface area (Å²) in [6.45, 7) is 2.51. The van der Waals surface area contributed by atoms with Gasteiger partial charge in [-0.05, 0) is 47.2 Å². The van der Waals surface area contributed by atoms with E-state index in [9.17, 15) is 4.79 Å². The van der Waals surface area contributed by atoms with E-state index in [0.29, 0.717) is 6.54 Å². The number of carboxylic acids is 1. The first kappa shape index (κ1) is 11.3. The number of hydrogen-bond donors (Lipinski definition) is 2. The first-order chi connectivity index (χ1) is 6.59. The summed E-state index contributed by atoms with van der Waals surface area (Å²) in [5, 5.41) is 11.5. The minimum absolute atomic E-state index is 0.143. The number of halogens is 1. The summed E-state index contributed by atoms with van der Waals surface area (Å²) in [5.41, 5.74) is 2.20. The zero-order chi connectivity index (χ0) is 10.6. The molecule has 1 aromatic rings. The Labute approximate surface area is 96.7 Å². The van der Waals surface area contributed by atoms with Gasteiger partial charge in [0.05, 0.1) is 6.42 Å². The predicted molar refractivity (Wildman–Crippen MR) is 64.6 cm³/mol. The molecule has 0 bridgehead atoms. The van der Waals surface area contributed by atoms with Crippen molar-refractivity contribution in [2.45, 2.75) is 13.3 Å². The first-order valence-corrected chi connectivity index (χ1v) is 5.39. The van der Waals surface area contributed by atoms with Crippen molar-refractivity contribution in [2.75, 3.05) is 11.9 Å². The zero-order valence-electron chi connectivity index (χ0n) is 7.88. The molecule has 0 unspecified atom stereocenters. The molecule has 0 aromatic heterocycles. The number of anilines is 1. The number of nitrogens with one attached hydrogen (secondary N) is 1. The molecule has 3 nitrogen and oxygen atoms in total. The van der Waals surface area contributed by atoms with Gasteiger partial charge in [-0.2, -0.15) is 0 Å². The lowest BCUT2D eigenvalue weighted by atomic mass is 10.2. The second kappa shape index (κ2) is 5.19. The molecule has 0 saturated carbocycles. The molecule has 0 radical (unpaired) electrons. The maximum atomic E-state index is 10.3. The average Bonchev–Trinajstić information content (AvgIpc) is 2.10. The highest BCUT2D eigenvalue weighted by Gasteiger charge is 1.98. The molecule has 0 aliphatic rings.